The molecule has 0 rings (SSSR count). The predicted octanol–water partition coefficient (Wildman–Crippen LogP) is 25.6. The first-order valence-corrected chi connectivity index (χ1v) is 46.7. The summed E-state index contributed by atoms with van der Waals surface area (Å²) in [5.41, 5.74) is 0. The zero-order valence-electron chi connectivity index (χ0n) is 67.5. The van der Waals surface area contributed by atoms with Crippen LogP contribution in [0.15, 0.2) is 0 Å². The second-order valence-electron chi connectivity index (χ2n) is 30.5. The van der Waals surface area contributed by atoms with Gasteiger partial charge in [0.25, 0.3) is 0 Å². The number of rotatable bonds is 84. The van der Waals surface area contributed by atoms with E-state index in [1.807, 2.05) is 0 Å². The highest BCUT2D eigenvalue weighted by molar-refractivity contribution is 7.47. The Kier molecular flexibility index (Phi) is 75.4. The van der Waals surface area contributed by atoms with Crippen LogP contribution in [0.1, 0.15) is 452 Å². The lowest BCUT2D eigenvalue weighted by molar-refractivity contribution is -0.161. The van der Waals surface area contributed by atoms with Crippen molar-refractivity contribution < 1.29 is 80.2 Å². The second kappa shape index (κ2) is 76.8. The van der Waals surface area contributed by atoms with Gasteiger partial charge in [-0.3, -0.25) is 37.3 Å². The van der Waals surface area contributed by atoms with Gasteiger partial charge >= 0.3 is 39.5 Å². The highest BCUT2D eigenvalue weighted by atomic mass is 31.2. The molecule has 3 unspecified atom stereocenters. The summed E-state index contributed by atoms with van der Waals surface area (Å²) in [5, 5.41) is 10.6. The Morgan fingerprint density at radius 2 is 0.466 bits per heavy atom. The zero-order chi connectivity index (χ0) is 75.5. The maximum Gasteiger partial charge on any atom is 0.472 e. The standard InChI is InChI=1S/C84H164O17P2/c1-6-10-13-16-19-22-24-26-28-32-37-40-44-48-53-58-63-68-82(87)95-74-80(101-84(89)70-65-60-55-50-46-42-38-34-31-30-33-35-39-43-47-51-56-61-66-77(5)9-4)76-99-103(92,93)97-72-78(85)71-96-102(90,91)98-75-79(73-94-81(86)67-62-57-52-21-18-15-12-8-3)100-83(88)69-64-59-54-49-45-41-36-29-27-25-23-20-17-14-11-7-2/h77-80,85H,6-76H2,1-5H3,(H,90,91)(H,92,93)/t77?,78-,79+,80+/m0/s1. The van der Waals surface area contributed by atoms with Crippen molar-refractivity contribution in [2.24, 2.45) is 5.92 Å². The number of hydrogen-bond donors (Lipinski definition) is 3. The van der Waals surface area contributed by atoms with Gasteiger partial charge in [-0.2, -0.15) is 0 Å². The first-order valence-electron chi connectivity index (χ1n) is 43.7. The lowest BCUT2D eigenvalue weighted by Crippen LogP contribution is -2.30. The summed E-state index contributed by atoms with van der Waals surface area (Å²) >= 11 is 0. The van der Waals surface area contributed by atoms with Gasteiger partial charge in [0.1, 0.15) is 19.3 Å². The Balaban J connectivity index is 5.18. The Bertz CT molecular complexity index is 1960. The number of hydrogen-bond acceptors (Lipinski definition) is 15. The van der Waals surface area contributed by atoms with Crippen LogP contribution in [0.2, 0.25) is 0 Å². The monoisotopic (exact) mass is 1510 g/mol. The molecule has 6 atom stereocenters. The van der Waals surface area contributed by atoms with Crippen LogP contribution in [0, 0.1) is 5.92 Å². The molecule has 0 aliphatic rings. The number of unbranched alkanes of at least 4 members (excludes halogenated alkanes) is 55. The first kappa shape index (κ1) is 101. The molecule has 19 heteroatoms. The number of carbonyl (C=O) groups is 4. The van der Waals surface area contributed by atoms with Gasteiger partial charge in [-0.15, -0.1) is 0 Å². The summed E-state index contributed by atoms with van der Waals surface area (Å²) in [6.07, 6.45) is 69.4. The Hall–Kier alpha value is -1.94. The van der Waals surface area contributed by atoms with E-state index in [2.05, 4.69) is 34.6 Å². The molecule has 0 aliphatic heterocycles. The Morgan fingerprint density at radius 1 is 0.272 bits per heavy atom. The minimum absolute atomic E-state index is 0.109. The van der Waals surface area contributed by atoms with E-state index in [4.69, 9.17) is 37.0 Å². The third-order valence-electron chi connectivity index (χ3n) is 20.1. The largest absolute Gasteiger partial charge is 0.472 e. The molecule has 0 saturated heterocycles. The molecule has 0 radical (unpaired) electrons. The normalized spacial score (nSPS) is 14.1. The van der Waals surface area contributed by atoms with E-state index >= 15 is 0 Å². The molecule has 0 aliphatic carbocycles. The van der Waals surface area contributed by atoms with Crippen molar-refractivity contribution in [3.63, 3.8) is 0 Å². The fraction of sp³-hybridized carbons (Fsp3) is 0.952. The van der Waals surface area contributed by atoms with Gasteiger partial charge in [-0.05, 0) is 31.6 Å². The first-order chi connectivity index (χ1) is 50.1. The predicted molar refractivity (Wildman–Crippen MR) is 423 cm³/mol. The lowest BCUT2D eigenvalue weighted by atomic mass is 9.99. The van der Waals surface area contributed by atoms with Gasteiger partial charge in [0, 0.05) is 25.7 Å². The molecule has 0 aromatic rings. The maximum atomic E-state index is 13.1. The van der Waals surface area contributed by atoms with E-state index in [1.54, 1.807) is 0 Å². The van der Waals surface area contributed by atoms with Gasteiger partial charge < -0.3 is 33.8 Å². The molecule has 0 amide bonds. The van der Waals surface area contributed by atoms with Crippen LogP contribution in [0.4, 0.5) is 0 Å². The highest BCUT2D eigenvalue weighted by Crippen LogP contribution is 2.45. The van der Waals surface area contributed by atoms with Crippen molar-refractivity contribution in [2.45, 2.75) is 470 Å². The van der Waals surface area contributed by atoms with Gasteiger partial charge in [-0.25, -0.2) is 9.13 Å². The lowest BCUT2D eigenvalue weighted by Gasteiger charge is -2.21. The third-order valence-corrected chi connectivity index (χ3v) is 22.0. The summed E-state index contributed by atoms with van der Waals surface area (Å²) in [4.78, 5) is 73.0. The van der Waals surface area contributed by atoms with Crippen molar-refractivity contribution in [2.75, 3.05) is 39.6 Å². The van der Waals surface area contributed by atoms with Crippen molar-refractivity contribution >= 4 is 39.5 Å². The highest BCUT2D eigenvalue weighted by Gasteiger charge is 2.30. The van der Waals surface area contributed by atoms with E-state index in [-0.39, 0.29) is 25.7 Å². The van der Waals surface area contributed by atoms with E-state index in [9.17, 15) is 43.2 Å². The van der Waals surface area contributed by atoms with Gasteiger partial charge in [0.05, 0.1) is 26.4 Å². The molecule has 0 aromatic heterocycles. The Morgan fingerprint density at radius 3 is 0.689 bits per heavy atom. The van der Waals surface area contributed by atoms with Crippen molar-refractivity contribution in [3.8, 4) is 0 Å². The molecule has 103 heavy (non-hydrogen) atoms. The molecule has 0 spiro atoms. The summed E-state index contributed by atoms with van der Waals surface area (Å²) in [6.45, 7) is 7.40. The summed E-state index contributed by atoms with van der Waals surface area (Å²) in [7, 11) is -9.92. The van der Waals surface area contributed by atoms with Crippen molar-refractivity contribution in [1.82, 2.24) is 0 Å². The number of phosphoric ester groups is 2. The second-order valence-corrected chi connectivity index (χ2v) is 33.4. The molecule has 0 aromatic carbocycles. The number of aliphatic hydroxyl groups is 1. The molecule has 3 N–H and O–H groups in total. The fourth-order valence-corrected chi connectivity index (χ4v) is 14.7. The molecule has 17 nitrogen and oxygen atoms in total. The van der Waals surface area contributed by atoms with Crippen LogP contribution in [-0.4, -0.2) is 96.7 Å². The average molecular weight is 1510 g/mol. The topological polar surface area (TPSA) is 237 Å². The average Bonchev–Trinajstić information content (AvgIpc) is 0.921. The van der Waals surface area contributed by atoms with Crippen LogP contribution >= 0.6 is 15.6 Å². The number of ether oxygens (including phenoxy) is 4. The van der Waals surface area contributed by atoms with E-state index < -0.39 is 97.5 Å². The van der Waals surface area contributed by atoms with Crippen molar-refractivity contribution in [1.29, 1.82) is 0 Å². The smallest absolute Gasteiger partial charge is 0.462 e. The number of phosphoric acid groups is 2. The van der Waals surface area contributed by atoms with E-state index in [0.717, 1.165) is 95.8 Å². The molecule has 0 bridgehead atoms. The summed E-state index contributed by atoms with van der Waals surface area (Å²) < 4.78 is 68.7. The van der Waals surface area contributed by atoms with E-state index in [0.29, 0.717) is 25.7 Å². The van der Waals surface area contributed by atoms with Gasteiger partial charge in [0.2, 0.25) is 0 Å². The zero-order valence-corrected chi connectivity index (χ0v) is 69.3. The van der Waals surface area contributed by atoms with E-state index in [1.165, 1.54) is 276 Å². The number of carbonyl (C=O) groups excluding carboxylic acids is 4. The van der Waals surface area contributed by atoms with Crippen LogP contribution in [-0.2, 0) is 65.4 Å². The molecule has 612 valence electrons. The van der Waals surface area contributed by atoms with Gasteiger partial charge in [-0.1, -0.05) is 401 Å². The number of aliphatic hydroxyl groups excluding tert-OH is 1. The maximum absolute atomic E-state index is 13.1. The Labute approximate surface area is 632 Å². The molecular weight excluding hydrogens is 1340 g/mol. The van der Waals surface area contributed by atoms with Crippen molar-refractivity contribution in [3.05, 3.63) is 0 Å². The minimum Gasteiger partial charge on any atom is -0.462 e. The quantitative estimate of drug-likeness (QED) is 0.0222. The van der Waals surface area contributed by atoms with Crippen LogP contribution < -0.4 is 0 Å². The minimum atomic E-state index is -4.96. The molecule has 0 saturated carbocycles. The molecule has 0 heterocycles. The summed E-state index contributed by atoms with van der Waals surface area (Å²) in [6, 6.07) is 0. The van der Waals surface area contributed by atoms with Gasteiger partial charge in [0.15, 0.2) is 12.2 Å². The van der Waals surface area contributed by atoms with Crippen LogP contribution in [0.25, 0.3) is 0 Å². The SMILES string of the molecule is CCCCCCCCCCCCCCCCCCCC(=O)OC[C@H](COP(=O)(O)OC[C@@H](O)COP(=O)(O)OC[C@@H](COC(=O)CCCCCCCCCC)OC(=O)CCCCCCCCCCCCCCCCCC)OC(=O)CCCCCCCCCCCCCCCCCCCCC(C)CC. The summed E-state index contributed by atoms with van der Waals surface area (Å²) in [5.74, 6) is -1.23. The molecular formula is C84H164O17P2. The molecule has 0 fully saturated rings. The third kappa shape index (κ3) is 76.6. The van der Waals surface area contributed by atoms with Crippen LogP contribution in [0.5, 0.6) is 0 Å². The fourth-order valence-electron chi connectivity index (χ4n) is 13.1. The number of esters is 4. The van der Waals surface area contributed by atoms with Crippen LogP contribution in [0.3, 0.4) is 0 Å².